The maximum atomic E-state index is 11.4. The molecule has 0 bridgehead atoms. The Balaban J connectivity index is 1.88. The van der Waals surface area contributed by atoms with E-state index >= 15 is 0 Å². The maximum absolute atomic E-state index is 11.4. The molecule has 2 aliphatic rings. The van der Waals surface area contributed by atoms with Gasteiger partial charge in [-0.3, -0.25) is 0 Å². The van der Waals surface area contributed by atoms with Crippen molar-refractivity contribution in [3.63, 3.8) is 0 Å². The Morgan fingerprint density at radius 1 is 1.29 bits per heavy atom. The first-order valence-corrected chi connectivity index (χ1v) is 7.52. The smallest absolute Gasteiger partial charge is 0.339 e. The van der Waals surface area contributed by atoms with Crippen molar-refractivity contribution >= 4 is 5.97 Å². The van der Waals surface area contributed by atoms with Gasteiger partial charge in [0.05, 0.1) is 0 Å². The summed E-state index contributed by atoms with van der Waals surface area (Å²) >= 11 is 0. The minimum absolute atomic E-state index is 0.0854. The van der Waals surface area contributed by atoms with Crippen molar-refractivity contribution in [2.75, 3.05) is 6.79 Å². The highest BCUT2D eigenvalue weighted by Crippen LogP contribution is 2.40. The second-order valence-electron chi connectivity index (χ2n) is 5.62. The van der Waals surface area contributed by atoms with E-state index in [2.05, 4.69) is 6.92 Å². The zero-order valence-electron chi connectivity index (χ0n) is 12.1. The summed E-state index contributed by atoms with van der Waals surface area (Å²) in [5, 5.41) is 9.37. The quantitative estimate of drug-likeness (QED) is 0.920. The summed E-state index contributed by atoms with van der Waals surface area (Å²) in [6.45, 7) is 2.28. The van der Waals surface area contributed by atoms with E-state index in [1.165, 1.54) is 12.5 Å². The highest BCUT2D eigenvalue weighted by Gasteiger charge is 2.28. The van der Waals surface area contributed by atoms with Crippen molar-refractivity contribution in [3.8, 4) is 17.2 Å². The van der Waals surface area contributed by atoms with Crippen LogP contribution in [-0.4, -0.2) is 24.0 Å². The van der Waals surface area contributed by atoms with Crippen molar-refractivity contribution in [1.29, 1.82) is 0 Å². The summed E-state index contributed by atoms with van der Waals surface area (Å²) in [6, 6.07) is 3.14. The minimum atomic E-state index is -1.01. The second-order valence-corrected chi connectivity index (χ2v) is 5.62. The van der Waals surface area contributed by atoms with E-state index in [0.717, 1.165) is 25.7 Å². The molecule has 5 nitrogen and oxygen atoms in total. The second kappa shape index (κ2) is 5.84. The summed E-state index contributed by atoms with van der Waals surface area (Å²) in [4.78, 5) is 11.4. The number of carboxylic acid groups (broad SMARTS) is 1. The number of benzene rings is 1. The summed E-state index contributed by atoms with van der Waals surface area (Å²) in [7, 11) is 0. The van der Waals surface area contributed by atoms with Crippen LogP contribution in [0.2, 0.25) is 0 Å². The monoisotopic (exact) mass is 292 g/mol. The number of rotatable bonds is 4. The van der Waals surface area contributed by atoms with Gasteiger partial charge in [-0.05, 0) is 31.6 Å². The van der Waals surface area contributed by atoms with Crippen LogP contribution in [0.1, 0.15) is 49.4 Å². The van der Waals surface area contributed by atoms with Gasteiger partial charge in [0.25, 0.3) is 0 Å². The van der Waals surface area contributed by atoms with E-state index in [1.807, 2.05) is 0 Å². The predicted molar refractivity (Wildman–Crippen MR) is 76.2 cm³/mol. The van der Waals surface area contributed by atoms with E-state index in [0.29, 0.717) is 23.2 Å². The van der Waals surface area contributed by atoms with Gasteiger partial charge in [0.2, 0.25) is 6.79 Å². The Labute approximate surface area is 123 Å². The Hall–Kier alpha value is -1.91. The first kappa shape index (κ1) is 14.0. The van der Waals surface area contributed by atoms with Gasteiger partial charge in [0.1, 0.15) is 17.4 Å². The lowest BCUT2D eigenvalue weighted by Gasteiger charge is -2.31. The predicted octanol–water partition coefficient (Wildman–Crippen LogP) is 3.46. The highest BCUT2D eigenvalue weighted by molar-refractivity contribution is 5.92. The molecule has 0 saturated heterocycles. The van der Waals surface area contributed by atoms with Crippen LogP contribution >= 0.6 is 0 Å². The van der Waals surface area contributed by atoms with Crippen LogP contribution in [0.15, 0.2) is 12.1 Å². The molecule has 0 spiro atoms. The van der Waals surface area contributed by atoms with Crippen LogP contribution in [0.25, 0.3) is 0 Å². The summed E-state index contributed by atoms with van der Waals surface area (Å²) in [5.74, 6) is 0.893. The molecule has 0 aromatic heterocycles. The Kier molecular flexibility index (Phi) is 3.90. The van der Waals surface area contributed by atoms with Gasteiger partial charge in [-0.25, -0.2) is 4.79 Å². The normalized spacial score (nSPS) is 23.9. The first-order valence-electron chi connectivity index (χ1n) is 7.52. The van der Waals surface area contributed by atoms with E-state index in [-0.39, 0.29) is 18.5 Å². The molecule has 2 unspecified atom stereocenters. The highest BCUT2D eigenvalue weighted by atomic mass is 16.7. The average Bonchev–Trinajstić information content (AvgIpc) is 2.94. The molecule has 1 saturated carbocycles. The standard InChI is InChI=1S/C16H20O5/c1-2-10-5-3-4-6-12(10)21-13-8-15-14(19-9-20-15)7-11(13)16(17)18/h7-8,10,12H,2-6,9H2,1H3,(H,17,18). The molecule has 1 aromatic rings. The molecule has 114 valence electrons. The van der Waals surface area contributed by atoms with Gasteiger partial charge in [-0.1, -0.05) is 13.3 Å². The van der Waals surface area contributed by atoms with Crippen LogP contribution in [-0.2, 0) is 0 Å². The van der Waals surface area contributed by atoms with Crippen LogP contribution in [0.5, 0.6) is 17.2 Å². The van der Waals surface area contributed by atoms with Crippen LogP contribution < -0.4 is 14.2 Å². The van der Waals surface area contributed by atoms with Crippen molar-refractivity contribution < 1.29 is 24.1 Å². The van der Waals surface area contributed by atoms with Crippen molar-refractivity contribution in [1.82, 2.24) is 0 Å². The van der Waals surface area contributed by atoms with Gasteiger partial charge in [-0.15, -0.1) is 0 Å². The lowest BCUT2D eigenvalue weighted by molar-refractivity contribution is 0.0664. The minimum Gasteiger partial charge on any atom is -0.489 e. The fourth-order valence-electron chi connectivity index (χ4n) is 3.15. The fraction of sp³-hybridized carbons (Fsp3) is 0.562. The third kappa shape index (κ3) is 2.77. The summed E-state index contributed by atoms with van der Waals surface area (Å²) in [6.07, 6.45) is 5.62. The molecule has 0 amide bonds. The number of hydrogen-bond donors (Lipinski definition) is 1. The molecule has 21 heavy (non-hydrogen) atoms. The van der Waals surface area contributed by atoms with Crippen molar-refractivity contribution in [3.05, 3.63) is 17.7 Å². The lowest BCUT2D eigenvalue weighted by Crippen LogP contribution is -2.30. The molecule has 0 radical (unpaired) electrons. The van der Waals surface area contributed by atoms with Gasteiger partial charge in [0.15, 0.2) is 11.5 Å². The largest absolute Gasteiger partial charge is 0.489 e. The lowest BCUT2D eigenvalue weighted by atomic mass is 9.84. The third-order valence-corrected chi connectivity index (χ3v) is 4.35. The van der Waals surface area contributed by atoms with E-state index in [4.69, 9.17) is 14.2 Å². The zero-order chi connectivity index (χ0) is 14.8. The number of ether oxygens (including phenoxy) is 3. The summed E-state index contributed by atoms with van der Waals surface area (Å²) in [5.41, 5.74) is 0.139. The van der Waals surface area contributed by atoms with E-state index in [1.54, 1.807) is 6.07 Å². The molecule has 2 atom stereocenters. The molecule has 5 heteroatoms. The van der Waals surface area contributed by atoms with Gasteiger partial charge >= 0.3 is 5.97 Å². The van der Waals surface area contributed by atoms with E-state index in [9.17, 15) is 9.90 Å². The molecular formula is C16H20O5. The van der Waals surface area contributed by atoms with Gasteiger partial charge in [0, 0.05) is 12.1 Å². The van der Waals surface area contributed by atoms with Crippen LogP contribution in [0.3, 0.4) is 0 Å². The molecular weight excluding hydrogens is 272 g/mol. The molecule has 3 rings (SSSR count). The summed E-state index contributed by atoms with van der Waals surface area (Å²) < 4.78 is 16.6. The fourth-order valence-corrected chi connectivity index (χ4v) is 3.15. The molecule has 1 aliphatic carbocycles. The molecule has 1 fully saturated rings. The third-order valence-electron chi connectivity index (χ3n) is 4.35. The molecule has 1 aliphatic heterocycles. The Morgan fingerprint density at radius 3 is 2.71 bits per heavy atom. The van der Waals surface area contributed by atoms with Gasteiger partial charge in [-0.2, -0.15) is 0 Å². The Morgan fingerprint density at radius 2 is 2.00 bits per heavy atom. The van der Waals surface area contributed by atoms with Crippen LogP contribution in [0, 0.1) is 5.92 Å². The SMILES string of the molecule is CCC1CCCCC1Oc1cc2c(cc1C(=O)O)OCO2. The molecule has 1 N–H and O–H groups in total. The Bertz CT molecular complexity index is 540. The number of hydrogen-bond acceptors (Lipinski definition) is 4. The molecule has 1 aromatic carbocycles. The maximum Gasteiger partial charge on any atom is 0.339 e. The van der Waals surface area contributed by atoms with E-state index < -0.39 is 5.97 Å². The average molecular weight is 292 g/mol. The number of fused-ring (bicyclic) bond motifs is 1. The topological polar surface area (TPSA) is 65.0 Å². The van der Waals surface area contributed by atoms with Crippen molar-refractivity contribution in [2.24, 2.45) is 5.92 Å². The number of carbonyl (C=O) groups is 1. The van der Waals surface area contributed by atoms with Gasteiger partial charge < -0.3 is 19.3 Å². The first-order chi connectivity index (χ1) is 10.2. The molecule has 1 heterocycles. The number of carboxylic acids is 1. The van der Waals surface area contributed by atoms with Crippen LogP contribution in [0.4, 0.5) is 0 Å². The zero-order valence-corrected chi connectivity index (χ0v) is 12.1. The van der Waals surface area contributed by atoms with Crippen molar-refractivity contribution in [2.45, 2.75) is 45.1 Å². The number of aromatic carboxylic acids is 1.